The number of nitrogens with zero attached hydrogens (tertiary/aromatic N) is 2. The highest BCUT2D eigenvalue weighted by Crippen LogP contribution is 2.21. The van der Waals surface area contributed by atoms with Crippen LogP contribution in [0.15, 0.2) is 29.3 Å². The molecule has 0 amide bonds. The lowest BCUT2D eigenvalue weighted by molar-refractivity contribution is 0.179. The van der Waals surface area contributed by atoms with Gasteiger partial charge in [-0.15, -0.1) is 24.0 Å². The van der Waals surface area contributed by atoms with Gasteiger partial charge in [0.2, 0.25) is 0 Å². The average Bonchev–Trinajstić information content (AvgIpc) is 3.16. The van der Waals surface area contributed by atoms with E-state index in [2.05, 4.69) is 22.5 Å². The van der Waals surface area contributed by atoms with Crippen LogP contribution in [0, 0.1) is 11.7 Å². The Hall–Kier alpha value is -0.890. The summed E-state index contributed by atoms with van der Waals surface area (Å²) in [4.78, 5) is 7.20. The molecule has 2 aliphatic rings. The van der Waals surface area contributed by atoms with Crippen molar-refractivity contribution in [1.82, 2.24) is 15.5 Å². The Labute approximate surface area is 180 Å². The number of halogens is 2. The van der Waals surface area contributed by atoms with Crippen LogP contribution in [0.3, 0.4) is 0 Å². The van der Waals surface area contributed by atoms with Crippen molar-refractivity contribution in [3.63, 3.8) is 0 Å². The van der Waals surface area contributed by atoms with E-state index in [-0.39, 0.29) is 29.8 Å². The third-order valence-corrected chi connectivity index (χ3v) is 5.61. The summed E-state index contributed by atoms with van der Waals surface area (Å²) in [5.74, 6) is 1.52. The Balaban J connectivity index is 0.00000261. The van der Waals surface area contributed by atoms with Gasteiger partial charge in [-0.1, -0.05) is 31.0 Å². The fourth-order valence-electron chi connectivity index (χ4n) is 4.00. The van der Waals surface area contributed by atoms with E-state index in [0.717, 1.165) is 50.5 Å². The zero-order chi connectivity index (χ0) is 18.2. The van der Waals surface area contributed by atoms with Crippen molar-refractivity contribution in [3.05, 3.63) is 35.6 Å². The van der Waals surface area contributed by atoms with Crippen LogP contribution in [-0.4, -0.2) is 43.1 Å². The first-order valence-electron chi connectivity index (χ1n) is 10.2. The van der Waals surface area contributed by atoms with Gasteiger partial charge >= 0.3 is 0 Å². The first kappa shape index (κ1) is 22.4. The number of benzene rings is 1. The summed E-state index contributed by atoms with van der Waals surface area (Å²) in [7, 11) is 0. The maximum absolute atomic E-state index is 13.8. The second-order valence-corrected chi connectivity index (χ2v) is 7.66. The van der Waals surface area contributed by atoms with Crippen molar-refractivity contribution in [2.45, 2.75) is 58.0 Å². The average molecular weight is 488 g/mol. The van der Waals surface area contributed by atoms with Crippen molar-refractivity contribution in [3.8, 4) is 0 Å². The fraction of sp³-hybridized carbons (Fsp3) is 0.667. The molecular formula is C21H34FIN4. The van der Waals surface area contributed by atoms with Gasteiger partial charge in [-0.3, -0.25) is 9.89 Å². The quantitative estimate of drug-likeness (QED) is 0.359. The maximum Gasteiger partial charge on any atom is 0.191 e. The second kappa shape index (κ2) is 11.8. The molecule has 0 atom stereocenters. The van der Waals surface area contributed by atoms with Crippen LogP contribution in [0.4, 0.5) is 4.39 Å². The number of guanidine groups is 1. The normalized spacial score (nSPS) is 19.7. The summed E-state index contributed by atoms with van der Waals surface area (Å²) in [5.41, 5.74) is 0.805. The predicted octanol–water partition coefficient (Wildman–Crippen LogP) is 4.15. The maximum atomic E-state index is 13.8. The minimum Gasteiger partial charge on any atom is -0.357 e. The Morgan fingerprint density at radius 3 is 2.52 bits per heavy atom. The Morgan fingerprint density at radius 2 is 1.85 bits per heavy atom. The monoisotopic (exact) mass is 488 g/mol. The molecule has 0 radical (unpaired) electrons. The van der Waals surface area contributed by atoms with Crippen LogP contribution >= 0.6 is 24.0 Å². The molecule has 1 aliphatic heterocycles. The molecule has 1 saturated heterocycles. The van der Waals surface area contributed by atoms with E-state index in [1.165, 1.54) is 25.7 Å². The Morgan fingerprint density at radius 1 is 1.15 bits per heavy atom. The van der Waals surface area contributed by atoms with Gasteiger partial charge in [-0.05, 0) is 57.7 Å². The van der Waals surface area contributed by atoms with Crippen molar-refractivity contribution in [1.29, 1.82) is 0 Å². The highest BCUT2D eigenvalue weighted by Gasteiger charge is 2.20. The molecule has 3 rings (SSSR count). The SMILES string of the molecule is CCNC(=NCC1CCN(Cc2ccccc2F)CC1)NC1CCCC1.I. The number of hydrogen-bond acceptors (Lipinski definition) is 2. The fourth-order valence-corrected chi connectivity index (χ4v) is 4.00. The topological polar surface area (TPSA) is 39.7 Å². The number of nitrogens with one attached hydrogen (secondary N) is 2. The molecule has 1 aromatic rings. The zero-order valence-electron chi connectivity index (χ0n) is 16.4. The van der Waals surface area contributed by atoms with Crippen molar-refractivity contribution >= 4 is 29.9 Å². The van der Waals surface area contributed by atoms with Gasteiger partial charge in [0.05, 0.1) is 0 Å². The third-order valence-electron chi connectivity index (χ3n) is 5.61. The lowest BCUT2D eigenvalue weighted by Crippen LogP contribution is -2.43. The van der Waals surface area contributed by atoms with Gasteiger partial charge in [0, 0.05) is 31.2 Å². The third kappa shape index (κ3) is 7.22. The number of aliphatic imine (C=N–C) groups is 1. The van der Waals surface area contributed by atoms with Gasteiger partial charge in [0.15, 0.2) is 5.96 Å². The largest absolute Gasteiger partial charge is 0.357 e. The van der Waals surface area contributed by atoms with Crippen LogP contribution in [0.2, 0.25) is 0 Å². The van der Waals surface area contributed by atoms with Gasteiger partial charge < -0.3 is 10.6 Å². The first-order valence-corrected chi connectivity index (χ1v) is 10.2. The molecule has 0 bridgehead atoms. The van der Waals surface area contributed by atoms with Crippen LogP contribution < -0.4 is 10.6 Å². The smallest absolute Gasteiger partial charge is 0.191 e. The van der Waals surface area contributed by atoms with E-state index in [1.807, 2.05) is 12.1 Å². The lowest BCUT2D eigenvalue weighted by atomic mass is 9.96. The molecule has 0 spiro atoms. The summed E-state index contributed by atoms with van der Waals surface area (Å²) < 4.78 is 13.8. The zero-order valence-corrected chi connectivity index (χ0v) is 18.8. The molecule has 152 valence electrons. The van der Waals surface area contributed by atoms with Gasteiger partial charge in [-0.2, -0.15) is 0 Å². The minimum absolute atomic E-state index is 0. The molecule has 27 heavy (non-hydrogen) atoms. The summed E-state index contributed by atoms with van der Waals surface area (Å²) in [6.07, 6.45) is 7.47. The minimum atomic E-state index is -0.0903. The number of rotatable bonds is 6. The Kier molecular flexibility index (Phi) is 9.82. The molecule has 6 heteroatoms. The highest BCUT2D eigenvalue weighted by atomic mass is 127. The molecule has 1 saturated carbocycles. The molecule has 0 unspecified atom stereocenters. The van der Waals surface area contributed by atoms with E-state index in [9.17, 15) is 4.39 Å². The van der Waals surface area contributed by atoms with Crippen LogP contribution in [0.1, 0.15) is 51.0 Å². The molecule has 1 heterocycles. The summed E-state index contributed by atoms with van der Waals surface area (Å²) >= 11 is 0. The summed E-state index contributed by atoms with van der Waals surface area (Å²) in [6, 6.07) is 7.71. The summed E-state index contributed by atoms with van der Waals surface area (Å²) in [6.45, 7) is 6.68. The molecule has 2 fully saturated rings. The number of piperidine rings is 1. The van der Waals surface area contributed by atoms with E-state index in [4.69, 9.17) is 4.99 Å². The van der Waals surface area contributed by atoms with E-state index in [0.29, 0.717) is 18.5 Å². The van der Waals surface area contributed by atoms with E-state index >= 15 is 0 Å². The van der Waals surface area contributed by atoms with Crippen molar-refractivity contribution < 1.29 is 4.39 Å². The van der Waals surface area contributed by atoms with Crippen molar-refractivity contribution in [2.24, 2.45) is 10.9 Å². The van der Waals surface area contributed by atoms with Crippen LogP contribution in [0.25, 0.3) is 0 Å². The van der Waals surface area contributed by atoms with Gasteiger partial charge in [0.1, 0.15) is 5.82 Å². The standard InChI is InChI=1S/C21H33FN4.HI/c1-2-23-21(25-19-8-4-5-9-19)24-15-17-11-13-26(14-12-17)16-18-7-3-6-10-20(18)22;/h3,6-7,10,17,19H,2,4-5,8-9,11-16H2,1H3,(H2,23,24,25);1H. The highest BCUT2D eigenvalue weighted by molar-refractivity contribution is 14.0. The van der Waals surface area contributed by atoms with Crippen molar-refractivity contribution in [2.75, 3.05) is 26.2 Å². The molecule has 0 aromatic heterocycles. The molecule has 4 nitrogen and oxygen atoms in total. The first-order chi connectivity index (χ1) is 12.7. The molecule has 1 aromatic carbocycles. The van der Waals surface area contributed by atoms with Crippen LogP contribution in [-0.2, 0) is 6.54 Å². The molecular weight excluding hydrogens is 454 g/mol. The van der Waals surface area contributed by atoms with E-state index in [1.54, 1.807) is 12.1 Å². The predicted molar refractivity (Wildman–Crippen MR) is 121 cm³/mol. The van der Waals surface area contributed by atoms with Crippen LogP contribution in [0.5, 0.6) is 0 Å². The van der Waals surface area contributed by atoms with Gasteiger partial charge in [-0.25, -0.2) is 4.39 Å². The second-order valence-electron chi connectivity index (χ2n) is 7.66. The summed E-state index contributed by atoms with van der Waals surface area (Å²) in [5, 5.41) is 6.97. The van der Waals surface area contributed by atoms with Gasteiger partial charge in [0.25, 0.3) is 0 Å². The molecule has 2 N–H and O–H groups in total. The lowest BCUT2D eigenvalue weighted by Gasteiger charge is -2.31. The molecule has 1 aliphatic carbocycles. The Bertz CT molecular complexity index is 581. The number of hydrogen-bond donors (Lipinski definition) is 2. The number of likely N-dealkylation sites (tertiary alicyclic amines) is 1. The van der Waals surface area contributed by atoms with E-state index < -0.39 is 0 Å².